The summed E-state index contributed by atoms with van der Waals surface area (Å²) in [4.78, 5) is 4.53. The molecule has 0 bridgehead atoms. The monoisotopic (exact) mass is 417 g/mol. The highest BCUT2D eigenvalue weighted by Crippen LogP contribution is 2.39. The second-order valence-electron chi connectivity index (χ2n) is 5.21. The highest BCUT2D eigenvalue weighted by atomic mass is 32.2. The Bertz CT molecular complexity index is 913. The quantitative estimate of drug-likeness (QED) is 0.543. The van der Waals surface area contributed by atoms with Crippen molar-refractivity contribution in [3.8, 4) is 22.1 Å². The maximum atomic E-state index is 12.5. The third-order valence-electron chi connectivity index (χ3n) is 3.36. The molecule has 0 saturated carbocycles. The Morgan fingerprint density at radius 1 is 1.22 bits per heavy atom. The van der Waals surface area contributed by atoms with Crippen molar-refractivity contribution in [2.45, 2.75) is 23.6 Å². The number of benzene rings is 1. The van der Waals surface area contributed by atoms with E-state index < -0.39 is 12.7 Å². The Morgan fingerprint density at radius 3 is 2.74 bits per heavy atom. The first kappa shape index (κ1) is 19.4. The second kappa shape index (κ2) is 8.13. The predicted molar refractivity (Wildman–Crippen MR) is 94.1 cm³/mol. The molecule has 3 rings (SSSR count). The van der Waals surface area contributed by atoms with Crippen molar-refractivity contribution < 1.29 is 22.6 Å². The molecule has 0 unspecified atom stereocenters. The van der Waals surface area contributed by atoms with Crippen LogP contribution in [0.3, 0.4) is 0 Å². The standard InChI is InChI=1S/C15H14F3N5O2S2/c1-24-11-5-3-4-10(12(11)25-2)13-19-9(6-26-13)7-27-14-20-21-22-23(14)8-15(16,17)18/h3-6H,7-8H2,1-2H3. The molecule has 2 aromatic heterocycles. The number of thiazole rings is 1. The molecular weight excluding hydrogens is 403 g/mol. The van der Waals surface area contributed by atoms with E-state index in [0.29, 0.717) is 22.9 Å². The molecule has 0 aliphatic carbocycles. The molecule has 0 atom stereocenters. The molecule has 12 heteroatoms. The molecular formula is C15H14F3N5O2S2. The second-order valence-corrected chi connectivity index (χ2v) is 7.01. The van der Waals surface area contributed by atoms with Gasteiger partial charge in [-0.1, -0.05) is 17.8 Å². The van der Waals surface area contributed by atoms with Gasteiger partial charge in [0.2, 0.25) is 5.16 Å². The number of alkyl halides is 3. The maximum Gasteiger partial charge on any atom is 0.408 e. The van der Waals surface area contributed by atoms with Crippen LogP contribution in [-0.4, -0.2) is 45.6 Å². The van der Waals surface area contributed by atoms with E-state index in [-0.39, 0.29) is 5.16 Å². The molecule has 0 radical (unpaired) electrons. The molecule has 2 heterocycles. The summed E-state index contributed by atoms with van der Waals surface area (Å²) >= 11 is 2.49. The van der Waals surface area contributed by atoms with E-state index >= 15 is 0 Å². The molecule has 7 nitrogen and oxygen atoms in total. The number of hydrogen-bond donors (Lipinski definition) is 0. The average molecular weight is 417 g/mol. The number of hydrogen-bond acceptors (Lipinski definition) is 8. The average Bonchev–Trinajstić information content (AvgIpc) is 3.27. The van der Waals surface area contributed by atoms with Crippen LogP contribution in [0.25, 0.3) is 10.6 Å². The van der Waals surface area contributed by atoms with Crippen molar-refractivity contribution in [3.05, 3.63) is 29.3 Å². The molecule has 0 fully saturated rings. The van der Waals surface area contributed by atoms with Crippen molar-refractivity contribution >= 4 is 23.1 Å². The summed E-state index contributed by atoms with van der Waals surface area (Å²) in [6, 6.07) is 5.48. The van der Waals surface area contributed by atoms with Gasteiger partial charge in [-0.05, 0) is 22.6 Å². The molecule has 144 valence electrons. The summed E-state index contributed by atoms with van der Waals surface area (Å²) in [6.45, 7) is -1.23. The smallest absolute Gasteiger partial charge is 0.408 e. The highest BCUT2D eigenvalue weighted by Gasteiger charge is 2.30. The lowest BCUT2D eigenvalue weighted by atomic mass is 10.2. The van der Waals surface area contributed by atoms with Gasteiger partial charge in [0.15, 0.2) is 11.5 Å². The lowest BCUT2D eigenvalue weighted by Crippen LogP contribution is -2.19. The van der Waals surface area contributed by atoms with Crippen LogP contribution in [0.4, 0.5) is 13.2 Å². The van der Waals surface area contributed by atoms with Gasteiger partial charge in [-0.25, -0.2) is 9.67 Å². The van der Waals surface area contributed by atoms with Crippen LogP contribution in [0.15, 0.2) is 28.7 Å². The Morgan fingerprint density at radius 2 is 2.04 bits per heavy atom. The summed E-state index contributed by atoms with van der Waals surface area (Å²) < 4.78 is 49.0. The van der Waals surface area contributed by atoms with Crippen molar-refractivity contribution in [2.24, 2.45) is 0 Å². The van der Waals surface area contributed by atoms with Crippen LogP contribution in [0, 0.1) is 0 Å². The SMILES string of the molecule is COc1cccc(-c2nc(CSc3nnnn3CC(F)(F)F)cs2)c1OC. The fourth-order valence-corrected chi connectivity index (χ4v) is 3.98. The topological polar surface area (TPSA) is 75.0 Å². The van der Waals surface area contributed by atoms with E-state index in [2.05, 4.69) is 20.5 Å². The first-order valence-electron chi connectivity index (χ1n) is 7.52. The van der Waals surface area contributed by atoms with Gasteiger partial charge < -0.3 is 9.47 Å². The van der Waals surface area contributed by atoms with Crippen molar-refractivity contribution in [1.29, 1.82) is 0 Å². The Kier molecular flexibility index (Phi) is 5.85. The molecule has 3 aromatic rings. The summed E-state index contributed by atoms with van der Waals surface area (Å²) in [5.74, 6) is 1.50. The number of aromatic nitrogens is 5. The number of methoxy groups -OCH3 is 2. The van der Waals surface area contributed by atoms with Crippen molar-refractivity contribution in [3.63, 3.8) is 0 Å². The lowest BCUT2D eigenvalue weighted by molar-refractivity contribution is -0.144. The van der Waals surface area contributed by atoms with E-state index in [9.17, 15) is 13.2 Å². The highest BCUT2D eigenvalue weighted by molar-refractivity contribution is 7.98. The Hall–Kier alpha value is -2.34. The Balaban J connectivity index is 1.74. The minimum Gasteiger partial charge on any atom is -0.493 e. The zero-order valence-electron chi connectivity index (χ0n) is 14.2. The number of thioether (sulfide) groups is 1. The van der Waals surface area contributed by atoms with E-state index in [0.717, 1.165) is 27.0 Å². The number of nitrogens with zero attached hydrogens (tertiary/aromatic N) is 5. The molecule has 0 saturated heterocycles. The van der Waals surface area contributed by atoms with E-state index in [1.807, 2.05) is 17.5 Å². The largest absolute Gasteiger partial charge is 0.493 e. The van der Waals surface area contributed by atoms with Gasteiger partial charge >= 0.3 is 6.18 Å². The zero-order valence-corrected chi connectivity index (χ0v) is 15.9. The predicted octanol–water partition coefficient (Wildman–Crippen LogP) is 3.67. The van der Waals surface area contributed by atoms with E-state index in [1.54, 1.807) is 20.3 Å². The van der Waals surface area contributed by atoms with E-state index in [1.165, 1.54) is 11.3 Å². The summed E-state index contributed by atoms with van der Waals surface area (Å²) in [5, 5.41) is 13.0. The Labute approximate surface area is 160 Å². The van der Waals surface area contributed by atoms with Gasteiger partial charge in [0.25, 0.3) is 0 Å². The van der Waals surface area contributed by atoms with Crippen LogP contribution in [0.5, 0.6) is 11.5 Å². The minimum absolute atomic E-state index is 0.0841. The number of rotatable bonds is 7. The molecule has 0 N–H and O–H groups in total. The van der Waals surface area contributed by atoms with Crippen LogP contribution >= 0.6 is 23.1 Å². The number of para-hydroxylation sites is 1. The van der Waals surface area contributed by atoms with Gasteiger partial charge in [-0.15, -0.1) is 16.4 Å². The van der Waals surface area contributed by atoms with Gasteiger partial charge in [-0.3, -0.25) is 0 Å². The summed E-state index contributed by atoms with van der Waals surface area (Å²) in [6.07, 6.45) is -4.39. The number of tetrazole rings is 1. The molecule has 27 heavy (non-hydrogen) atoms. The van der Waals surface area contributed by atoms with Crippen molar-refractivity contribution in [2.75, 3.05) is 14.2 Å². The zero-order chi connectivity index (χ0) is 19.4. The maximum absolute atomic E-state index is 12.5. The van der Waals surface area contributed by atoms with Gasteiger partial charge in [0.1, 0.15) is 11.6 Å². The molecule has 0 aliphatic heterocycles. The first-order chi connectivity index (χ1) is 12.9. The minimum atomic E-state index is -4.39. The fraction of sp³-hybridized carbons (Fsp3) is 0.333. The van der Waals surface area contributed by atoms with E-state index in [4.69, 9.17) is 9.47 Å². The first-order valence-corrected chi connectivity index (χ1v) is 9.39. The fourth-order valence-electron chi connectivity index (χ4n) is 2.26. The number of halogens is 3. The van der Waals surface area contributed by atoms with Gasteiger partial charge in [0.05, 0.1) is 25.5 Å². The summed E-state index contributed by atoms with van der Waals surface area (Å²) in [7, 11) is 3.10. The van der Waals surface area contributed by atoms with Gasteiger partial charge in [-0.2, -0.15) is 13.2 Å². The van der Waals surface area contributed by atoms with Crippen LogP contribution in [0.1, 0.15) is 5.69 Å². The third kappa shape index (κ3) is 4.69. The van der Waals surface area contributed by atoms with Gasteiger partial charge in [0, 0.05) is 11.1 Å². The molecule has 0 aliphatic rings. The molecule has 0 amide bonds. The molecule has 0 spiro atoms. The van der Waals surface area contributed by atoms with Crippen LogP contribution in [0.2, 0.25) is 0 Å². The number of ether oxygens (including phenoxy) is 2. The van der Waals surface area contributed by atoms with Crippen molar-refractivity contribution in [1.82, 2.24) is 25.2 Å². The summed E-state index contributed by atoms with van der Waals surface area (Å²) in [5.41, 5.74) is 1.48. The third-order valence-corrected chi connectivity index (χ3v) is 5.28. The van der Waals surface area contributed by atoms with Crippen LogP contribution < -0.4 is 9.47 Å². The lowest BCUT2D eigenvalue weighted by Gasteiger charge is -2.10. The van der Waals surface area contributed by atoms with Crippen LogP contribution in [-0.2, 0) is 12.3 Å². The molecule has 1 aromatic carbocycles. The normalized spacial score (nSPS) is 11.6.